The average molecular weight is 261 g/mol. The Morgan fingerprint density at radius 1 is 1.06 bits per heavy atom. The second kappa shape index (κ2) is 4.14. The van der Waals surface area contributed by atoms with Crippen molar-refractivity contribution in [1.82, 2.24) is 4.98 Å². The molecule has 0 fully saturated rings. The number of thiazole rings is 1. The number of rotatable bonds is 1. The van der Waals surface area contributed by atoms with Crippen LogP contribution in [0.2, 0.25) is 0 Å². The van der Waals surface area contributed by atoms with Crippen molar-refractivity contribution in [2.45, 2.75) is 6.92 Å². The summed E-state index contributed by atoms with van der Waals surface area (Å²) < 4.78 is 27.5. The third-order valence-electron chi connectivity index (χ3n) is 2.77. The summed E-state index contributed by atoms with van der Waals surface area (Å²) in [6, 6.07) is 9.49. The first kappa shape index (κ1) is 11.3. The minimum atomic E-state index is -0.311. The zero-order valence-corrected chi connectivity index (χ0v) is 10.4. The number of hydrogen-bond acceptors (Lipinski definition) is 2. The van der Waals surface area contributed by atoms with Crippen LogP contribution in [0.5, 0.6) is 0 Å². The summed E-state index contributed by atoms with van der Waals surface area (Å²) in [5.41, 5.74) is 1.93. The number of aryl methyl sites for hydroxylation is 1. The summed E-state index contributed by atoms with van der Waals surface area (Å²) >= 11 is 1.43. The Bertz CT molecular complexity index is 734. The lowest BCUT2D eigenvalue weighted by Crippen LogP contribution is -1.83. The molecule has 0 N–H and O–H groups in total. The second-order valence-corrected chi connectivity index (χ2v) is 5.13. The number of benzene rings is 2. The highest BCUT2D eigenvalue weighted by Crippen LogP contribution is 2.31. The van der Waals surface area contributed by atoms with Crippen molar-refractivity contribution in [3.05, 3.63) is 53.6 Å². The van der Waals surface area contributed by atoms with Crippen molar-refractivity contribution >= 4 is 21.6 Å². The van der Waals surface area contributed by atoms with E-state index in [-0.39, 0.29) is 11.6 Å². The van der Waals surface area contributed by atoms with Gasteiger partial charge in [0.25, 0.3) is 0 Å². The predicted molar refractivity (Wildman–Crippen MR) is 69.7 cm³/mol. The maximum atomic E-state index is 13.5. The van der Waals surface area contributed by atoms with Crippen LogP contribution in [0.15, 0.2) is 36.4 Å². The van der Waals surface area contributed by atoms with Crippen molar-refractivity contribution in [3.8, 4) is 10.6 Å². The molecule has 3 aromatic rings. The number of nitrogens with zero attached hydrogens (tertiary/aromatic N) is 1. The average Bonchev–Trinajstić information content (AvgIpc) is 2.75. The van der Waals surface area contributed by atoms with Crippen molar-refractivity contribution < 1.29 is 8.78 Å². The summed E-state index contributed by atoms with van der Waals surface area (Å²) in [4.78, 5) is 4.33. The first-order valence-corrected chi connectivity index (χ1v) is 6.28. The molecule has 90 valence electrons. The summed E-state index contributed by atoms with van der Waals surface area (Å²) in [5.74, 6) is -0.563. The molecular formula is C14H9F2NS. The molecule has 0 atom stereocenters. The van der Waals surface area contributed by atoms with Crippen LogP contribution in [-0.4, -0.2) is 4.98 Å². The lowest BCUT2D eigenvalue weighted by Gasteiger charge is -1.98. The molecular weight excluding hydrogens is 252 g/mol. The molecule has 3 rings (SSSR count). The van der Waals surface area contributed by atoms with Crippen LogP contribution >= 0.6 is 11.3 Å². The number of fused-ring (bicyclic) bond motifs is 1. The van der Waals surface area contributed by atoms with E-state index < -0.39 is 0 Å². The fourth-order valence-corrected chi connectivity index (χ4v) is 2.69. The lowest BCUT2D eigenvalue weighted by molar-refractivity contribution is 0.619. The molecule has 1 nitrogen and oxygen atoms in total. The highest BCUT2D eigenvalue weighted by atomic mass is 32.1. The Morgan fingerprint density at radius 2 is 1.89 bits per heavy atom. The van der Waals surface area contributed by atoms with Gasteiger partial charge < -0.3 is 0 Å². The van der Waals surface area contributed by atoms with E-state index in [1.165, 1.54) is 29.5 Å². The SMILES string of the molecule is Cc1ccc(-c2nc3cc(F)ccc3s2)cc1F. The Morgan fingerprint density at radius 3 is 2.67 bits per heavy atom. The van der Waals surface area contributed by atoms with Gasteiger partial charge in [-0.2, -0.15) is 0 Å². The van der Waals surface area contributed by atoms with E-state index in [0.717, 1.165) is 10.3 Å². The summed E-state index contributed by atoms with van der Waals surface area (Å²) in [6.45, 7) is 1.72. The van der Waals surface area contributed by atoms with Gasteiger partial charge >= 0.3 is 0 Å². The molecule has 0 spiro atoms. The first-order chi connectivity index (χ1) is 8.63. The van der Waals surface area contributed by atoms with Gasteiger partial charge in [0.1, 0.15) is 16.6 Å². The van der Waals surface area contributed by atoms with E-state index in [1.54, 1.807) is 19.1 Å². The first-order valence-electron chi connectivity index (χ1n) is 5.46. The largest absolute Gasteiger partial charge is 0.236 e. The lowest BCUT2D eigenvalue weighted by atomic mass is 10.1. The molecule has 0 amide bonds. The van der Waals surface area contributed by atoms with Gasteiger partial charge in [-0.25, -0.2) is 13.8 Å². The maximum absolute atomic E-state index is 13.5. The van der Waals surface area contributed by atoms with Crippen LogP contribution in [0, 0.1) is 18.6 Å². The third kappa shape index (κ3) is 1.88. The molecule has 0 saturated carbocycles. The van der Waals surface area contributed by atoms with E-state index in [9.17, 15) is 8.78 Å². The quantitative estimate of drug-likeness (QED) is 0.626. The third-order valence-corrected chi connectivity index (χ3v) is 3.85. The molecule has 0 saturated heterocycles. The van der Waals surface area contributed by atoms with E-state index in [4.69, 9.17) is 0 Å². The Balaban J connectivity index is 2.16. The van der Waals surface area contributed by atoms with Crippen LogP contribution in [0.3, 0.4) is 0 Å². The highest BCUT2D eigenvalue weighted by molar-refractivity contribution is 7.21. The fraction of sp³-hybridized carbons (Fsp3) is 0.0714. The second-order valence-electron chi connectivity index (χ2n) is 4.10. The number of aromatic nitrogens is 1. The summed E-state index contributed by atoms with van der Waals surface area (Å²) in [7, 11) is 0. The zero-order valence-electron chi connectivity index (χ0n) is 9.58. The van der Waals surface area contributed by atoms with Gasteiger partial charge in [-0.3, -0.25) is 0 Å². The van der Waals surface area contributed by atoms with Crippen LogP contribution < -0.4 is 0 Å². The molecule has 2 aromatic carbocycles. The predicted octanol–water partition coefficient (Wildman–Crippen LogP) is 4.55. The van der Waals surface area contributed by atoms with Gasteiger partial charge in [0.2, 0.25) is 0 Å². The smallest absolute Gasteiger partial charge is 0.126 e. The van der Waals surface area contributed by atoms with Gasteiger partial charge in [-0.15, -0.1) is 11.3 Å². The van der Waals surface area contributed by atoms with E-state index in [0.29, 0.717) is 16.1 Å². The summed E-state index contributed by atoms with van der Waals surface area (Å²) in [6.07, 6.45) is 0. The van der Waals surface area contributed by atoms with Crippen molar-refractivity contribution in [3.63, 3.8) is 0 Å². The minimum Gasteiger partial charge on any atom is -0.236 e. The highest BCUT2D eigenvalue weighted by Gasteiger charge is 2.08. The molecule has 1 aromatic heterocycles. The monoisotopic (exact) mass is 261 g/mol. The van der Waals surface area contributed by atoms with E-state index >= 15 is 0 Å². The Kier molecular flexibility index (Phi) is 2.59. The Labute approximate surface area is 107 Å². The molecule has 1 heterocycles. The normalized spacial score (nSPS) is 11.1. The molecule has 0 unspecified atom stereocenters. The molecule has 0 radical (unpaired) electrons. The van der Waals surface area contributed by atoms with Crippen LogP contribution in [0.1, 0.15) is 5.56 Å². The maximum Gasteiger partial charge on any atom is 0.126 e. The molecule has 18 heavy (non-hydrogen) atoms. The fourth-order valence-electron chi connectivity index (χ4n) is 1.75. The topological polar surface area (TPSA) is 12.9 Å². The Hall–Kier alpha value is -1.81. The molecule has 0 aliphatic heterocycles. The van der Waals surface area contributed by atoms with Crippen LogP contribution in [0.4, 0.5) is 8.78 Å². The van der Waals surface area contributed by atoms with E-state index in [1.807, 2.05) is 6.07 Å². The zero-order chi connectivity index (χ0) is 12.7. The van der Waals surface area contributed by atoms with Gasteiger partial charge in [0, 0.05) is 11.6 Å². The standard InChI is InChI=1S/C14H9F2NS/c1-8-2-3-9(6-11(8)16)14-17-12-7-10(15)4-5-13(12)18-14/h2-7H,1H3. The van der Waals surface area contributed by atoms with Crippen LogP contribution in [0.25, 0.3) is 20.8 Å². The number of halogens is 2. The molecule has 4 heteroatoms. The summed E-state index contributed by atoms with van der Waals surface area (Å²) in [5, 5.41) is 0.703. The molecule has 0 bridgehead atoms. The number of hydrogen-bond donors (Lipinski definition) is 0. The van der Waals surface area contributed by atoms with Gasteiger partial charge in [-0.1, -0.05) is 12.1 Å². The van der Waals surface area contributed by atoms with Gasteiger partial charge in [0.05, 0.1) is 10.2 Å². The van der Waals surface area contributed by atoms with Crippen molar-refractivity contribution in [2.75, 3.05) is 0 Å². The van der Waals surface area contributed by atoms with Crippen LogP contribution in [-0.2, 0) is 0 Å². The van der Waals surface area contributed by atoms with Gasteiger partial charge in [0.15, 0.2) is 0 Å². The van der Waals surface area contributed by atoms with Crippen molar-refractivity contribution in [1.29, 1.82) is 0 Å². The molecule has 0 aliphatic carbocycles. The molecule has 0 aliphatic rings. The van der Waals surface area contributed by atoms with Gasteiger partial charge in [-0.05, 0) is 30.7 Å². The minimum absolute atomic E-state index is 0.252. The van der Waals surface area contributed by atoms with E-state index in [2.05, 4.69) is 4.98 Å². The van der Waals surface area contributed by atoms with Crippen molar-refractivity contribution in [2.24, 2.45) is 0 Å².